The molecule has 2 N–H and O–H groups in total. The van der Waals surface area contributed by atoms with Crippen molar-refractivity contribution < 1.29 is 29.3 Å². The van der Waals surface area contributed by atoms with E-state index in [-0.39, 0.29) is 33.8 Å². The molecule has 6 nitrogen and oxygen atoms in total. The van der Waals surface area contributed by atoms with E-state index in [0.29, 0.717) is 0 Å². The van der Waals surface area contributed by atoms with Gasteiger partial charge in [0.2, 0.25) is 0 Å². The lowest BCUT2D eigenvalue weighted by molar-refractivity contribution is -0.0493. The van der Waals surface area contributed by atoms with Crippen molar-refractivity contribution in [2.75, 3.05) is 7.11 Å². The number of aliphatic hydroxyl groups excluding tert-OH is 1. The van der Waals surface area contributed by atoms with Gasteiger partial charge in [-0.2, -0.15) is 0 Å². The summed E-state index contributed by atoms with van der Waals surface area (Å²) in [6, 6.07) is 2.68. The first kappa shape index (κ1) is 14.7. The van der Waals surface area contributed by atoms with E-state index in [4.69, 9.17) is 9.47 Å². The van der Waals surface area contributed by atoms with Crippen LogP contribution in [0.2, 0.25) is 0 Å². The van der Waals surface area contributed by atoms with Gasteiger partial charge in [0.25, 0.3) is 0 Å². The molecule has 0 saturated heterocycles. The van der Waals surface area contributed by atoms with Crippen molar-refractivity contribution in [3.8, 4) is 11.5 Å². The molecular weight excluding hydrogens is 288 g/mol. The largest absolute Gasteiger partial charge is 0.507 e. The van der Waals surface area contributed by atoms with Gasteiger partial charge in [-0.1, -0.05) is 0 Å². The molecule has 1 aliphatic carbocycles. The highest BCUT2D eigenvalue weighted by atomic mass is 16.5. The summed E-state index contributed by atoms with van der Waals surface area (Å²) in [4.78, 5) is 25.4. The van der Waals surface area contributed by atoms with Crippen molar-refractivity contribution in [1.82, 2.24) is 0 Å². The van der Waals surface area contributed by atoms with Crippen LogP contribution in [0.3, 0.4) is 0 Å². The number of fused-ring (bicyclic) bond motifs is 1. The molecule has 1 aromatic carbocycles. The highest BCUT2D eigenvalue weighted by Gasteiger charge is 2.44. The van der Waals surface area contributed by atoms with Crippen molar-refractivity contribution in [2.45, 2.75) is 32.2 Å². The minimum absolute atomic E-state index is 0.0425. The lowest BCUT2D eigenvalue weighted by Gasteiger charge is -2.36. The van der Waals surface area contributed by atoms with Crippen LogP contribution in [0.15, 0.2) is 23.3 Å². The Morgan fingerprint density at radius 1 is 1.14 bits per heavy atom. The van der Waals surface area contributed by atoms with Gasteiger partial charge in [-0.3, -0.25) is 9.59 Å². The van der Waals surface area contributed by atoms with Gasteiger partial charge in [0.15, 0.2) is 11.6 Å². The predicted molar refractivity (Wildman–Crippen MR) is 76.4 cm³/mol. The Balaban J connectivity index is 2.26. The maximum absolute atomic E-state index is 12.7. The molecule has 6 heteroatoms. The summed E-state index contributed by atoms with van der Waals surface area (Å²) in [5.41, 5.74) is 0.141. The van der Waals surface area contributed by atoms with Gasteiger partial charge in [-0.15, -0.1) is 0 Å². The van der Waals surface area contributed by atoms with Crippen LogP contribution in [0.4, 0.5) is 0 Å². The lowest BCUT2D eigenvalue weighted by atomic mass is 9.77. The summed E-state index contributed by atoms with van der Waals surface area (Å²) < 4.78 is 10.5. The minimum Gasteiger partial charge on any atom is -0.507 e. The van der Waals surface area contributed by atoms with Gasteiger partial charge in [0.1, 0.15) is 17.6 Å². The van der Waals surface area contributed by atoms with Crippen molar-refractivity contribution in [3.05, 3.63) is 34.4 Å². The summed E-state index contributed by atoms with van der Waals surface area (Å²) in [5.74, 6) is -1.03. The Hall–Kier alpha value is -2.18. The number of ether oxygens (including phenoxy) is 2. The highest BCUT2D eigenvalue weighted by molar-refractivity contribution is 6.28. The Morgan fingerprint density at radius 3 is 2.45 bits per heavy atom. The fourth-order valence-corrected chi connectivity index (χ4v) is 3.06. The van der Waals surface area contributed by atoms with Crippen LogP contribution in [0, 0.1) is 0 Å². The maximum atomic E-state index is 12.7. The van der Waals surface area contributed by atoms with E-state index in [0.717, 1.165) is 0 Å². The zero-order valence-electron chi connectivity index (χ0n) is 12.4. The molecule has 0 unspecified atom stereocenters. The van der Waals surface area contributed by atoms with Gasteiger partial charge >= 0.3 is 0 Å². The summed E-state index contributed by atoms with van der Waals surface area (Å²) >= 11 is 0. The molecule has 3 atom stereocenters. The SMILES string of the molecule is COc1cc(O)c2c(c1)C(=O)C1=C(C2=O)[C@H](C)O[C@H](C)[C@@H]1O. The van der Waals surface area contributed by atoms with Gasteiger partial charge in [-0.05, 0) is 19.9 Å². The van der Waals surface area contributed by atoms with E-state index >= 15 is 0 Å². The van der Waals surface area contributed by atoms with Crippen molar-refractivity contribution in [2.24, 2.45) is 0 Å². The second-order valence-electron chi connectivity index (χ2n) is 5.48. The number of rotatable bonds is 1. The first-order valence-electron chi connectivity index (χ1n) is 6.94. The zero-order valence-corrected chi connectivity index (χ0v) is 12.4. The van der Waals surface area contributed by atoms with Gasteiger partial charge in [-0.25, -0.2) is 0 Å². The smallest absolute Gasteiger partial charge is 0.196 e. The number of benzene rings is 1. The van der Waals surface area contributed by atoms with E-state index < -0.39 is 29.9 Å². The first-order chi connectivity index (χ1) is 10.4. The van der Waals surface area contributed by atoms with E-state index in [9.17, 15) is 19.8 Å². The molecule has 3 rings (SSSR count). The molecule has 0 radical (unpaired) electrons. The summed E-state index contributed by atoms with van der Waals surface area (Å²) in [7, 11) is 1.40. The second-order valence-corrected chi connectivity index (χ2v) is 5.48. The molecule has 0 fully saturated rings. The third kappa shape index (κ3) is 1.88. The van der Waals surface area contributed by atoms with Crippen LogP contribution >= 0.6 is 0 Å². The van der Waals surface area contributed by atoms with Crippen LogP contribution < -0.4 is 4.74 Å². The standard InChI is InChI=1S/C16H16O6/c1-6-11-13(14(18)7(2)22-6)15(19)9-4-8(21-3)5-10(17)12(9)16(11)20/h4-7,14,17-18H,1-3H3/t6-,7+,14-/m0/s1. The van der Waals surface area contributed by atoms with Crippen LogP contribution in [0.25, 0.3) is 0 Å². The number of Topliss-reactive ketones (excluding diaryl/α,β-unsaturated/α-hetero) is 2. The van der Waals surface area contributed by atoms with Gasteiger partial charge in [0.05, 0.1) is 24.9 Å². The number of ketones is 2. The average Bonchev–Trinajstić information content (AvgIpc) is 2.47. The predicted octanol–water partition coefficient (Wildman–Crippen LogP) is 1.24. The number of carbonyl (C=O) groups is 2. The first-order valence-corrected chi connectivity index (χ1v) is 6.94. The number of phenolic OH excluding ortho intramolecular Hbond substituents is 1. The minimum atomic E-state index is -1.18. The molecule has 1 aliphatic heterocycles. The fraction of sp³-hybridized carbons (Fsp3) is 0.375. The highest BCUT2D eigenvalue weighted by Crippen LogP contribution is 2.40. The van der Waals surface area contributed by atoms with E-state index in [1.54, 1.807) is 13.8 Å². The van der Waals surface area contributed by atoms with Crippen molar-refractivity contribution >= 4 is 11.6 Å². The third-order valence-corrected chi connectivity index (χ3v) is 4.14. The average molecular weight is 304 g/mol. The maximum Gasteiger partial charge on any atom is 0.196 e. The molecule has 0 aromatic heterocycles. The van der Waals surface area contributed by atoms with Gasteiger partial charge in [0, 0.05) is 22.8 Å². The quantitative estimate of drug-likeness (QED) is 0.811. The molecule has 2 aliphatic rings. The molecule has 1 aromatic rings. The number of aromatic hydroxyl groups is 1. The fourth-order valence-electron chi connectivity index (χ4n) is 3.06. The van der Waals surface area contributed by atoms with Crippen LogP contribution in [0.1, 0.15) is 34.6 Å². The molecule has 22 heavy (non-hydrogen) atoms. The molecule has 0 bridgehead atoms. The van der Waals surface area contributed by atoms with Crippen LogP contribution in [0.5, 0.6) is 11.5 Å². The van der Waals surface area contributed by atoms with Crippen LogP contribution in [-0.2, 0) is 4.74 Å². The zero-order chi connectivity index (χ0) is 16.2. The summed E-state index contributed by atoms with van der Waals surface area (Å²) in [5, 5.41) is 20.3. The van der Waals surface area contributed by atoms with Crippen molar-refractivity contribution in [3.63, 3.8) is 0 Å². The number of hydrogen-bond donors (Lipinski definition) is 2. The molecular formula is C16H16O6. The molecule has 0 amide bonds. The number of methoxy groups -OCH3 is 1. The molecule has 1 heterocycles. The third-order valence-electron chi connectivity index (χ3n) is 4.14. The van der Waals surface area contributed by atoms with E-state index in [1.165, 1.54) is 19.2 Å². The van der Waals surface area contributed by atoms with Crippen molar-refractivity contribution in [1.29, 1.82) is 0 Å². The Morgan fingerprint density at radius 2 is 1.82 bits per heavy atom. The number of hydrogen-bond acceptors (Lipinski definition) is 6. The second kappa shape index (κ2) is 4.93. The van der Waals surface area contributed by atoms with Crippen LogP contribution in [-0.4, -0.2) is 47.2 Å². The van der Waals surface area contributed by atoms with E-state index in [1.807, 2.05) is 0 Å². The number of phenols is 1. The topological polar surface area (TPSA) is 93.1 Å². The van der Waals surface area contributed by atoms with Gasteiger partial charge < -0.3 is 19.7 Å². The summed E-state index contributed by atoms with van der Waals surface area (Å²) in [6.45, 7) is 3.29. The molecule has 0 saturated carbocycles. The monoisotopic (exact) mass is 304 g/mol. The normalized spacial score (nSPS) is 27.5. The Bertz CT molecular complexity index is 718. The Kier molecular flexibility index (Phi) is 3.30. The molecule has 0 spiro atoms. The molecule has 116 valence electrons. The Labute approximate surface area is 127 Å². The lowest BCUT2D eigenvalue weighted by Crippen LogP contribution is -2.45. The number of aliphatic hydroxyl groups is 1. The van der Waals surface area contributed by atoms with E-state index in [2.05, 4.69) is 0 Å². The number of carbonyl (C=O) groups excluding carboxylic acids is 2. The summed E-state index contributed by atoms with van der Waals surface area (Å²) in [6.07, 6.45) is -2.39.